The fourth-order valence-electron chi connectivity index (χ4n) is 0.808. The average molecular weight is 150 g/mol. The molecule has 0 radical (unpaired) electrons. The van der Waals surface area contributed by atoms with Crippen LogP contribution in [-0.2, 0) is 0 Å². The van der Waals surface area contributed by atoms with Gasteiger partial charge in [0.1, 0.15) is 0 Å². The average Bonchev–Trinajstić information content (AvgIpc) is 1.97. The number of hydrogen-bond acceptors (Lipinski definition) is 0. The van der Waals surface area contributed by atoms with Gasteiger partial charge in [0, 0.05) is 12.8 Å². The predicted molar refractivity (Wildman–Crippen MR) is 47.6 cm³/mol. The Labute approximate surface area is 104 Å². The summed E-state index contributed by atoms with van der Waals surface area (Å²) in [6, 6.07) is 0. The van der Waals surface area contributed by atoms with Crippen LogP contribution < -0.4 is 37.7 Å². The van der Waals surface area contributed by atoms with Gasteiger partial charge in [-0.05, 0) is 12.8 Å². The molecule has 0 spiro atoms. The summed E-state index contributed by atoms with van der Waals surface area (Å²) >= 11 is 0. The van der Waals surface area contributed by atoms with Crippen LogP contribution in [0.3, 0.4) is 0 Å². The van der Waals surface area contributed by atoms with Crippen molar-refractivity contribution in [3.05, 3.63) is 0 Å². The van der Waals surface area contributed by atoms with Gasteiger partial charge in [-0.1, -0.05) is 12.8 Å². The maximum atomic E-state index is 5.09. The Morgan fingerprint density at radius 2 is 1.08 bits per heavy atom. The van der Waals surface area contributed by atoms with E-state index in [1.54, 1.807) is 0 Å². The van der Waals surface area contributed by atoms with E-state index in [9.17, 15) is 0 Å². The van der Waals surface area contributed by atoms with E-state index in [0.29, 0.717) is 0 Å². The van der Waals surface area contributed by atoms with Crippen LogP contribution in [0.5, 0.6) is 0 Å². The molecule has 12 heavy (non-hydrogen) atoms. The monoisotopic (exact) mass is 150 g/mol. The van der Waals surface area contributed by atoms with Gasteiger partial charge in [0.2, 0.25) is 0 Å². The van der Waals surface area contributed by atoms with Crippen LogP contribution in [0, 0.1) is 24.7 Å². The predicted octanol–water partition coefficient (Wildman–Crippen LogP) is -3.17. The second-order valence-corrected chi connectivity index (χ2v) is 2.32. The molecule has 0 aromatic heterocycles. The second kappa shape index (κ2) is 17.4. The van der Waals surface area contributed by atoms with Gasteiger partial charge in [0.05, 0.1) is 0 Å². The number of unbranched alkanes of at least 4 members (excludes halogenated alkanes) is 5. The second-order valence-electron chi connectivity index (χ2n) is 2.32. The molecule has 0 aliphatic carbocycles. The van der Waals surface area contributed by atoms with Crippen molar-refractivity contribution in [1.82, 2.24) is 0 Å². The molecule has 0 atom stereocenters. The van der Waals surface area contributed by atoms with Gasteiger partial charge in [0.25, 0.3) is 0 Å². The minimum atomic E-state index is 0. The fourth-order valence-corrected chi connectivity index (χ4v) is 0.808. The molecule has 0 amide bonds. The van der Waals surface area contributed by atoms with Crippen molar-refractivity contribution in [3.8, 4) is 24.7 Å². The molecule has 0 aliphatic rings. The third-order valence-electron chi connectivity index (χ3n) is 1.39. The normalized spacial score (nSPS) is 6.83. The molecule has 0 heterocycles. The molecule has 0 saturated carbocycles. The molecule has 0 N–H and O–H groups in total. The summed E-state index contributed by atoms with van der Waals surface area (Å²) in [6.07, 6.45) is 16.8. The zero-order chi connectivity index (χ0) is 7.66. The van der Waals surface area contributed by atoms with E-state index in [1.165, 1.54) is 12.8 Å². The summed E-state index contributed by atoms with van der Waals surface area (Å²) in [4.78, 5) is 0. The maximum absolute atomic E-state index is 5.09. The van der Waals surface area contributed by atoms with Crippen molar-refractivity contribution in [3.63, 3.8) is 0 Å². The van der Waals surface area contributed by atoms with Crippen LogP contribution in [-0.4, -0.2) is 0 Å². The van der Waals surface area contributed by atoms with Crippen molar-refractivity contribution in [2.45, 2.75) is 38.5 Å². The summed E-state index contributed by atoms with van der Waals surface area (Å²) in [6.45, 7) is 0. The minimum Gasteiger partial charge on any atom is -1.00 e. The summed E-state index contributed by atoms with van der Waals surface area (Å²) in [5.74, 6) is 5.24. The van der Waals surface area contributed by atoms with Crippen molar-refractivity contribution < 1.29 is 40.6 Å². The molecule has 0 rings (SSSR count). The molecule has 58 valence electrons. The topological polar surface area (TPSA) is 0 Å². The summed E-state index contributed by atoms with van der Waals surface area (Å²) in [5.41, 5.74) is 0. The first-order valence-electron chi connectivity index (χ1n) is 3.78. The van der Waals surface area contributed by atoms with Crippen LogP contribution in [0.4, 0.5) is 0 Å². The zero-order valence-electron chi connectivity index (χ0n) is 10.4. The molecule has 0 bridgehead atoms. The van der Waals surface area contributed by atoms with E-state index in [0.717, 1.165) is 25.7 Å². The van der Waals surface area contributed by atoms with E-state index in [1.807, 2.05) is 0 Å². The van der Waals surface area contributed by atoms with Gasteiger partial charge in [0.15, 0.2) is 0 Å². The maximum Gasteiger partial charge on any atom is 1.00 e. The molecule has 0 aromatic rings. The van der Waals surface area contributed by atoms with E-state index in [2.05, 4.69) is 11.8 Å². The smallest absolute Gasteiger partial charge is 1.00 e. The first-order chi connectivity index (χ1) is 4.91. The Morgan fingerprint density at radius 3 is 1.33 bits per heavy atom. The minimum absolute atomic E-state index is 0. The standard InChI is InChI=1S/C10H14.2Li.2H/c1-3-5-7-9-10-8-6-4-2;;;;/h1-2H,5-10H2;;;;/q;2*+1;2*-1. The van der Waals surface area contributed by atoms with E-state index < -0.39 is 0 Å². The zero-order valence-corrected chi connectivity index (χ0v) is 8.40. The van der Waals surface area contributed by atoms with Gasteiger partial charge in [-0.25, -0.2) is 0 Å². The van der Waals surface area contributed by atoms with E-state index >= 15 is 0 Å². The van der Waals surface area contributed by atoms with Crippen molar-refractivity contribution in [1.29, 1.82) is 0 Å². The summed E-state index contributed by atoms with van der Waals surface area (Å²) in [7, 11) is 0. The van der Waals surface area contributed by atoms with Crippen LogP contribution >= 0.6 is 0 Å². The summed E-state index contributed by atoms with van der Waals surface area (Å²) < 4.78 is 0. The largest absolute Gasteiger partial charge is 1.00 e. The van der Waals surface area contributed by atoms with Gasteiger partial charge in [-0.15, -0.1) is 24.7 Å². The first kappa shape index (κ1) is 18.2. The van der Waals surface area contributed by atoms with Crippen molar-refractivity contribution in [2.24, 2.45) is 0 Å². The molecule has 0 unspecified atom stereocenters. The van der Waals surface area contributed by atoms with Crippen LogP contribution in [0.25, 0.3) is 0 Å². The molecule has 2 heteroatoms. The Kier molecular flexibility index (Phi) is 26.4. The molecule has 0 aromatic carbocycles. The number of terminal acetylenes is 2. The first-order valence-corrected chi connectivity index (χ1v) is 3.78. The summed E-state index contributed by atoms with van der Waals surface area (Å²) in [5, 5.41) is 0. The molecule has 0 saturated heterocycles. The molecule has 0 nitrogen and oxygen atoms in total. The third kappa shape index (κ3) is 16.7. The Morgan fingerprint density at radius 1 is 0.750 bits per heavy atom. The van der Waals surface area contributed by atoms with E-state index in [-0.39, 0.29) is 40.6 Å². The van der Waals surface area contributed by atoms with Crippen molar-refractivity contribution >= 4 is 0 Å². The van der Waals surface area contributed by atoms with Crippen LogP contribution in [0.1, 0.15) is 41.4 Å². The van der Waals surface area contributed by atoms with Gasteiger partial charge >= 0.3 is 37.7 Å². The SMILES string of the molecule is C#CCCCCCCC#C.[H-].[H-].[Li+].[Li+]. The van der Waals surface area contributed by atoms with Crippen LogP contribution in [0.2, 0.25) is 0 Å². The van der Waals surface area contributed by atoms with Crippen LogP contribution in [0.15, 0.2) is 0 Å². The Bertz CT molecular complexity index is 129. The molecule has 0 aliphatic heterocycles. The van der Waals surface area contributed by atoms with Gasteiger partial charge < -0.3 is 2.85 Å². The molecular weight excluding hydrogens is 134 g/mol. The Hall–Kier alpha value is 0.315. The van der Waals surface area contributed by atoms with Gasteiger partial charge in [-0.2, -0.15) is 0 Å². The fraction of sp³-hybridized carbons (Fsp3) is 0.600. The quantitative estimate of drug-likeness (QED) is 0.220. The van der Waals surface area contributed by atoms with E-state index in [4.69, 9.17) is 12.8 Å². The Balaban J connectivity index is -0.0000000675. The molecular formula is C10H16Li2. The number of hydrogen-bond donors (Lipinski definition) is 0. The molecule has 0 fully saturated rings. The number of rotatable bonds is 5. The van der Waals surface area contributed by atoms with Gasteiger partial charge in [-0.3, -0.25) is 0 Å². The van der Waals surface area contributed by atoms with Crippen molar-refractivity contribution in [2.75, 3.05) is 0 Å². The third-order valence-corrected chi connectivity index (χ3v) is 1.39.